The van der Waals surface area contributed by atoms with Gasteiger partial charge in [-0.3, -0.25) is 0 Å². The van der Waals surface area contributed by atoms with E-state index in [-0.39, 0.29) is 0 Å². The minimum Gasteiger partial charge on any atom is -0.479 e. The number of hydrogen-bond donors (Lipinski definition) is 1. The Morgan fingerprint density at radius 3 is 1.68 bits per heavy atom. The van der Waals surface area contributed by atoms with Gasteiger partial charge in [0.15, 0.2) is 6.10 Å². The van der Waals surface area contributed by atoms with E-state index in [2.05, 4.69) is 6.92 Å². The minimum absolute atomic E-state index is 0.612. The van der Waals surface area contributed by atoms with Gasteiger partial charge in [-0.25, -0.2) is 4.79 Å². The number of rotatable bonds is 14. The fourth-order valence-corrected chi connectivity index (χ4v) is 2.34. The smallest absolute Gasteiger partial charge is 0.332 e. The normalized spacial score (nSPS) is 12.5. The Morgan fingerprint density at radius 2 is 1.32 bits per heavy atom. The van der Waals surface area contributed by atoms with Crippen LogP contribution < -0.4 is 0 Å². The van der Waals surface area contributed by atoms with Crippen LogP contribution in [0.15, 0.2) is 0 Å². The van der Waals surface area contributed by atoms with Crippen molar-refractivity contribution in [1.29, 1.82) is 0 Å². The van der Waals surface area contributed by atoms with Gasteiger partial charge in [0.2, 0.25) is 0 Å². The molecule has 1 N–H and O–H groups in total. The first-order valence-corrected chi connectivity index (χ1v) is 7.98. The van der Waals surface area contributed by atoms with E-state index in [1.165, 1.54) is 64.9 Å². The minimum atomic E-state index is -0.838. The molecule has 0 amide bonds. The quantitative estimate of drug-likeness (QED) is 0.463. The fourth-order valence-electron chi connectivity index (χ4n) is 2.34. The molecule has 1 atom stereocenters. The lowest BCUT2D eigenvalue weighted by atomic mass is 10.0. The molecule has 0 aromatic carbocycles. The molecule has 0 saturated carbocycles. The van der Waals surface area contributed by atoms with Gasteiger partial charge in [-0.05, 0) is 6.42 Å². The third kappa shape index (κ3) is 12.2. The van der Waals surface area contributed by atoms with E-state index < -0.39 is 12.1 Å². The van der Waals surface area contributed by atoms with E-state index in [0.717, 1.165) is 12.8 Å². The van der Waals surface area contributed by atoms with Crippen molar-refractivity contribution in [3.8, 4) is 0 Å². The van der Waals surface area contributed by atoms with Gasteiger partial charge in [-0.2, -0.15) is 0 Å². The summed E-state index contributed by atoms with van der Waals surface area (Å²) < 4.78 is 4.90. The number of carbonyl (C=O) groups is 1. The largest absolute Gasteiger partial charge is 0.479 e. The van der Waals surface area contributed by atoms with Gasteiger partial charge in [0.1, 0.15) is 0 Å². The van der Waals surface area contributed by atoms with Gasteiger partial charge in [0, 0.05) is 7.11 Å². The highest BCUT2D eigenvalue weighted by atomic mass is 16.5. The molecule has 0 saturated heterocycles. The molecule has 1 unspecified atom stereocenters. The number of carboxylic acid groups (broad SMARTS) is 1. The molecule has 3 nitrogen and oxygen atoms in total. The number of ether oxygens (including phenoxy) is 1. The van der Waals surface area contributed by atoms with E-state index >= 15 is 0 Å². The first kappa shape index (κ1) is 18.4. The zero-order valence-corrected chi connectivity index (χ0v) is 12.8. The molecule has 19 heavy (non-hydrogen) atoms. The molecule has 0 fully saturated rings. The van der Waals surface area contributed by atoms with Crippen LogP contribution in [0.3, 0.4) is 0 Å². The molecule has 0 radical (unpaired) electrons. The van der Waals surface area contributed by atoms with E-state index in [0.29, 0.717) is 6.42 Å². The average molecular weight is 272 g/mol. The van der Waals surface area contributed by atoms with E-state index in [1.807, 2.05) is 0 Å². The number of hydrogen-bond acceptors (Lipinski definition) is 2. The van der Waals surface area contributed by atoms with Crippen LogP contribution in [-0.2, 0) is 9.53 Å². The maximum Gasteiger partial charge on any atom is 0.332 e. The van der Waals surface area contributed by atoms with Crippen LogP contribution in [0.5, 0.6) is 0 Å². The van der Waals surface area contributed by atoms with Crippen LogP contribution in [0.25, 0.3) is 0 Å². The Kier molecular flexibility index (Phi) is 13.4. The number of methoxy groups -OCH3 is 1. The van der Waals surface area contributed by atoms with Crippen LogP contribution >= 0.6 is 0 Å². The van der Waals surface area contributed by atoms with Crippen molar-refractivity contribution >= 4 is 5.97 Å². The lowest BCUT2D eigenvalue weighted by molar-refractivity contribution is -0.148. The Balaban J connectivity index is 3.16. The second-order valence-electron chi connectivity index (χ2n) is 5.39. The van der Waals surface area contributed by atoms with Gasteiger partial charge < -0.3 is 9.84 Å². The van der Waals surface area contributed by atoms with Gasteiger partial charge in [-0.15, -0.1) is 0 Å². The second kappa shape index (κ2) is 13.9. The molecule has 0 aromatic rings. The molecule has 0 heterocycles. The molecule has 0 bridgehead atoms. The summed E-state index contributed by atoms with van der Waals surface area (Å²) in [5, 5.41) is 8.81. The zero-order valence-electron chi connectivity index (χ0n) is 12.8. The van der Waals surface area contributed by atoms with E-state index in [1.54, 1.807) is 0 Å². The molecule has 0 aromatic heterocycles. The lowest BCUT2D eigenvalue weighted by Crippen LogP contribution is -2.21. The van der Waals surface area contributed by atoms with Crippen LogP contribution in [0, 0.1) is 0 Å². The zero-order chi connectivity index (χ0) is 14.3. The SMILES string of the molecule is CCCCCCCCCCCCCC(OC)C(=O)O. The third-order valence-electron chi connectivity index (χ3n) is 3.63. The predicted molar refractivity (Wildman–Crippen MR) is 79.5 cm³/mol. The van der Waals surface area contributed by atoms with Gasteiger partial charge >= 0.3 is 5.97 Å². The lowest BCUT2D eigenvalue weighted by Gasteiger charge is -2.09. The Bertz CT molecular complexity index is 204. The number of aliphatic carboxylic acids is 1. The Morgan fingerprint density at radius 1 is 0.895 bits per heavy atom. The van der Waals surface area contributed by atoms with Crippen molar-refractivity contribution in [2.75, 3.05) is 7.11 Å². The van der Waals surface area contributed by atoms with Gasteiger partial charge in [-0.1, -0.05) is 77.6 Å². The van der Waals surface area contributed by atoms with Crippen molar-refractivity contribution < 1.29 is 14.6 Å². The first-order valence-electron chi connectivity index (χ1n) is 7.98. The molecule has 0 aliphatic rings. The molecule has 0 aliphatic heterocycles. The van der Waals surface area contributed by atoms with Gasteiger partial charge in [0.25, 0.3) is 0 Å². The highest BCUT2D eigenvalue weighted by Crippen LogP contribution is 2.13. The molecular formula is C16H32O3. The Labute approximate surface area is 118 Å². The standard InChI is InChI=1S/C16H32O3/c1-3-4-5-6-7-8-9-10-11-12-13-14-15(19-2)16(17)18/h15H,3-14H2,1-2H3,(H,17,18). The summed E-state index contributed by atoms with van der Waals surface area (Å²) in [7, 11) is 1.47. The molecule has 3 heteroatoms. The van der Waals surface area contributed by atoms with Gasteiger partial charge in [0.05, 0.1) is 0 Å². The monoisotopic (exact) mass is 272 g/mol. The summed E-state index contributed by atoms with van der Waals surface area (Å²) in [6, 6.07) is 0. The van der Waals surface area contributed by atoms with Crippen molar-refractivity contribution in [3.05, 3.63) is 0 Å². The summed E-state index contributed by atoms with van der Waals surface area (Å²) in [4.78, 5) is 10.7. The highest BCUT2D eigenvalue weighted by Gasteiger charge is 2.14. The third-order valence-corrected chi connectivity index (χ3v) is 3.63. The predicted octanol–water partition coefficient (Wildman–Crippen LogP) is 4.79. The van der Waals surface area contributed by atoms with Crippen LogP contribution in [-0.4, -0.2) is 24.3 Å². The Hall–Kier alpha value is -0.570. The van der Waals surface area contributed by atoms with Crippen molar-refractivity contribution in [2.45, 2.75) is 90.1 Å². The molecule has 0 rings (SSSR count). The summed E-state index contributed by atoms with van der Waals surface area (Å²) in [6.07, 6.45) is 14.2. The van der Waals surface area contributed by atoms with E-state index in [9.17, 15) is 4.79 Å². The van der Waals surface area contributed by atoms with Crippen molar-refractivity contribution in [3.63, 3.8) is 0 Å². The highest BCUT2D eigenvalue weighted by molar-refractivity contribution is 5.72. The number of unbranched alkanes of at least 4 members (excludes halogenated alkanes) is 10. The number of carboxylic acids is 1. The van der Waals surface area contributed by atoms with Crippen LogP contribution in [0.2, 0.25) is 0 Å². The molecule has 114 valence electrons. The fraction of sp³-hybridized carbons (Fsp3) is 0.938. The molecule has 0 spiro atoms. The molecular weight excluding hydrogens is 240 g/mol. The summed E-state index contributed by atoms with van der Waals surface area (Å²) in [5.74, 6) is -0.838. The molecule has 0 aliphatic carbocycles. The average Bonchev–Trinajstić information content (AvgIpc) is 2.40. The second-order valence-corrected chi connectivity index (χ2v) is 5.39. The van der Waals surface area contributed by atoms with Crippen molar-refractivity contribution in [1.82, 2.24) is 0 Å². The van der Waals surface area contributed by atoms with E-state index in [4.69, 9.17) is 9.84 Å². The summed E-state index contributed by atoms with van der Waals surface area (Å²) in [6.45, 7) is 2.25. The maximum absolute atomic E-state index is 10.7. The summed E-state index contributed by atoms with van der Waals surface area (Å²) in [5.41, 5.74) is 0. The van der Waals surface area contributed by atoms with Crippen molar-refractivity contribution in [2.24, 2.45) is 0 Å². The topological polar surface area (TPSA) is 46.5 Å². The first-order chi connectivity index (χ1) is 9.22. The van der Waals surface area contributed by atoms with Crippen LogP contribution in [0.1, 0.15) is 84.0 Å². The summed E-state index contributed by atoms with van der Waals surface area (Å²) >= 11 is 0. The maximum atomic E-state index is 10.7. The van der Waals surface area contributed by atoms with Crippen LogP contribution in [0.4, 0.5) is 0 Å².